The van der Waals surface area contributed by atoms with Crippen LogP contribution in [-0.4, -0.2) is 28.2 Å². The zero-order valence-corrected chi connectivity index (χ0v) is 9.73. The van der Waals surface area contributed by atoms with Crippen molar-refractivity contribution in [2.24, 2.45) is 0 Å². The number of carbonyl (C=O) groups excluding carboxylic acids is 1. The first kappa shape index (κ1) is 11.7. The summed E-state index contributed by atoms with van der Waals surface area (Å²) in [4.78, 5) is 11.3. The second-order valence-electron chi connectivity index (χ2n) is 4.34. The third-order valence-corrected chi connectivity index (χ3v) is 2.82. The van der Waals surface area contributed by atoms with E-state index in [1.807, 2.05) is 0 Å². The van der Waals surface area contributed by atoms with Gasteiger partial charge in [0.15, 0.2) is 5.78 Å². The van der Waals surface area contributed by atoms with Crippen molar-refractivity contribution in [1.29, 1.82) is 0 Å². The topological polar surface area (TPSA) is 66.8 Å². The molecule has 0 amide bonds. The molecule has 0 aromatic heterocycles. The maximum atomic E-state index is 11.3. The van der Waals surface area contributed by atoms with Crippen LogP contribution in [0.5, 0.6) is 11.5 Å². The number of aliphatic hydroxyl groups is 1. The number of phenols is 1. The minimum Gasteiger partial charge on any atom is -0.506 e. The molecule has 4 heteroatoms. The van der Waals surface area contributed by atoms with E-state index in [9.17, 15) is 15.0 Å². The Hall–Kier alpha value is -1.81. The van der Waals surface area contributed by atoms with Crippen LogP contribution in [-0.2, 0) is 0 Å². The smallest absolute Gasteiger partial charge is 0.163 e. The molecule has 1 aromatic carbocycles. The number of rotatable bonds is 2. The fraction of sp³-hybridized carbons (Fsp3) is 0.308. The van der Waals surface area contributed by atoms with E-state index >= 15 is 0 Å². The van der Waals surface area contributed by atoms with Gasteiger partial charge in [0.25, 0.3) is 0 Å². The molecule has 0 bridgehead atoms. The number of hydrogen-bond acceptors (Lipinski definition) is 4. The van der Waals surface area contributed by atoms with Crippen LogP contribution in [0.25, 0.3) is 6.08 Å². The highest BCUT2D eigenvalue weighted by molar-refractivity contribution is 5.98. The minimum atomic E-state index is -0.781. The summed E-state index contributed by atoms with van der Waals surface area (Å²) < 4.78 is 5.58. The molecule has 0 spiro atoms. The summed E-state index contributed by atoms with van der Waals surface area (Å²) in [6.45, 7) is 2.98. The number of phenolic OH excluding ortho intramolecular Hbond substituents is 1. The van der Waals surface area contributed by atoms with E-state index in [0.29, 0.717) is 11.3 Å². The zero-order chi connectivity index (χ0) is 12.6. The molecule has 0 fully saturated rings. The fourth-order valence-electron chi connectivity index (χ4n) is 1.75. The predicted molar refractivity (Wildman–Crippen MR) is 63.3 cm³/mol. The molecule has 0 saturated carbocycles. The molecule has 1 aliphatic rings. The zero-order valence-electron chi connectivity index (χ0n) is 9.73. The summed E-state index contributed by atoms with van der Waals surface area (Å²) in [5.41, 5.74) is -0.0368. The molecule has 2 rings (SSSR count). The van der Waals surface area contributed by atoms with Crippen LogP contribution in [0.1, 0.15) is 29.8 Å². The Labute approximate surface area is 99.2 Å². The minimum absolute atomic E-state index is 0.0776. The van der Waals surface area contributed by atoms with Gasteiger partial charge < -0.3 is 14.9 Å². The Morgan fingerprint density at radius 2 is 2.18 bits per heavy atom. The lowest BCUT2D eigenvalue weighted by Crippen LogP contribution is -2.35. The quantitative estimate of drug-likeness (QED) is 0.765. The van der Waals surface area contributed by atoms with Crippen molar-refractivity contribution in [2.75, 3.05) is 6.61 Å². The van der Waals surface area contributed by atoms with Crippen LogP contribution in [0, 0.1) is 0 Å². The Morgan fingerprint density at radius 3 is 2.76 bits per heavy atom. The maximum Gasteiger partial charge on any atom is 0.163 e. The van der Waals surface area contributed by atoms with Crippen molar-refractivity contribution in [1.82, 2.24) is 0 Å². The monoisotopic (exact) mass is 234 g/mol. The van der Waals surface area contributed by atoms with E-state index in [1.54, 1.807) is 25.1 Å². The lowest BCUT2D eigenvalue weighted by atomic mass is 9.98. The summed E-state index contributed by atoms with van der Waals surface area (Å²) in [6, 6.07) is 3.15. The standard InChI is InChI=1S/C13H14O4/c1-8(15)9-3-4-11-10(12(9)16)5-6-13(2,7-14)17-11/h3-6,14,16H,7H2,1-2H3/t13-/m0/s1. The van der Waals surface area contributed by atoms with Gasteiger partial charge >= 0.3 is 0 Å². The highest BCUT2D eigenvalue weighted by Crippen LogP contribution is 2.38. The van der Waals surface area contributed by atoms with Gasteiger partial charge in [0.2, 0.25) is 0 Å². The average Bonchev–Trinajstić information content (AvgIpc) is 2.28. The number of hydrogen-bond donors (Lipinski definition) is 2. The molecule has 1 aromatic rings. The van der Waals surface area contributed by atoms with Crippen LogP contribution in [0.2, 0.25) is 0 Å². The van der Waals surface area contributed by atoms with Gasteiger partial charge in [-0.2, -0.15) is 0 Å². The number of aromatic hydroxyl groups is 1. The van der Waals surface area contributed by atoms with Crippen molar-refractivity contribution in [3.8, 4) is 11.5 Å². The number of Topliss-reactive ketones (excluding diaryl/α,β-unsaturated/α-hetero) is 1. The molecule has 0 saturated heterocycles. The van der Waals surface area contributed by atoms with Crippen LogP contribution >= 0.6 is 0 Å². The third kappa shape index (κ3) is 1.91. The lowest BCUT2D eigenvalue weighted by Gasteiger charge is -2.30. The molecule has 0 unspecified atom stereocenters. The molecule has 17 heavy (non-hydrogen) atoms. The van der Waals surface area contributed by atoms with Crippen LogP contribution in [0.4, 0.5) is 0 Å². The van der Waals surface area contributed by atoms with Crippen molar-refractivity contribution in [2.45, 2.75) is 19.4 Å². The number of aliphatic hydroxyl groups excluding tert-OH is 1. The normalized spacial score (nSPS) is 21.8. The molecule has 2 N–H and O–H groups in total. The Morgan fingerprint density at radius 1 is 1.47 bits per heavy atom. The highest BCUT2D eigenvalue weighted by Gasteiger charge is 2.28. The summed E-state index contributed by atoms with van der Waals surface area (Å²) in [7, 11) is 0. The van der Waals surface area contributed by atoms with E-state index in [-0.39, 0.29) is 23.7 Å². The second-order valence-corrected chi connectivity index (χ2v) is 4.34. The van der Waals surface area contributed by atoms with Gasteiger partial charge in [-0.15, -0.1) is 0 Å². The first-order valence-electron chi connectivity index (χ1n) is 5.33. The van der Waals surface area contributed by atoms with Crippen molar-refractivity contribution >= 4 is 11.9 Å². The van der Waals surface area contributed by atoms with E-state index in [4.69, 9.17) is 4.74 Å². The highest BCUT2D eigenvalue weighted by atomic mass is 16.5. The first-order valence-corrected chi connectivity index (χ1v) is 5.33. The van der Waals surface area contributed by atoms with Crippen LogP contribution in [0.3, 0.4) is 0 Å². The van der Waals surface area contributed by atoms with Crippen LogP contribution in [0.15, 0.2) is 18.2 Å². The van der Waals surface area contributed by atoms with Crippen molar-refractivity contribution in [3.63, 3.8) is 0 Å². The molecule has 1 atom stereocenters. The summed E-state index contributed by atoms with van der Waals surface area (Å²) in [6.07, 6.45) is 3.33. The number of ketones is 1. The molecule has 0 radical (unpaired) electrons. The molecule has 1 aliphatic heterocycles. The number of ether oxygens (including phenoxy) is 1. The van der Waals surface area contributed by atoms with Gasteiger partial charge in [-0.3, -0.25) is 4.79 Å². The summed E-state index contributed by atoms with van der Waals surface area (Å²) in [5, 5.41) is 19.1. The predicted octanol–water partition coefficient (Wildman–Crippen LogP) is 1.75. The second kappa shape index (κ2) is 3.89. The molecule has 4 nitrogen and oxygen atoms in total. The molecular weight excluding hydrogens is 220 g/mol. The lowest BCUT2D eigenvalue weighted by molar-refractivity contribution is 0.0638. The van der Waals surface area contributed by atoms with Gasteiger partial charge in [-0.1, -0.05) is 0 Å². The largest absolute Gasteiger partial charge is 0.506 e. The average molecular weight is 234 g/mol. The molecule has 90 valence electrons. The Bertz CT molecular complexity index is 504. The van der Waals surface area contributed by atoms with Crippen molar-refractivity contribution < 1.29 is 19.7 Å². The van der Waals surface area contributed by atoms with E-state index in [0.717, 1.165) is 0 Å². The van der Waals surface area contributed by atoms with E-state index < -0.39 is 5.60 Å². The van der Waals surface area contributed by atoms with Gasteiger partial charge in [0.05, 0.1) is 17.7 Å². The van der Waals surface area contributed by atoms with Gasteiger partial charge in [-0.25, -0.2) is 0 Å². The summed E-state index contributed by atoms with van der Waals surface area (Å²) >= 11 is 0. The Kier molecular flexibility index (Phi) is 2.67. The van der Waals surface area contributed by atoms with E-state index in [1.165, 1.54) is 13.0 Å². The van der Waals surface area contributed by atoms with Crippen molar-refractivity contribution in [3.05, 3.63) is 29.3 Å². The maximum absolute atomic E-state index is 11.3. The number of carbonyl (C=O) groups is 1. The van der Waals surface area contributed by atoms with E-state index in [2.05, 4.69) is 0 Å². The number of fused-ring (bicyclic) bond motifs is 1. The summed E-state index contributed by atoms with van der Waals surface area (Å²) in [5.74, 6) is 0.187. The van der Waals surface area contributed by atoms with Crippen LogP contribution < -0.4 is 4.74 Å². The Balaban J connectivity index is 2.52. The fourth-order valence-corrected chi connectivity index (χ4v) is 1.75. The SMILES string of the molecule is CC(=O)c1ccc2c(c1O)C=C[C@@](C)(CO)O2. The van der Waals surface area contributed by atoms with Gasteiger partial charge in [0, 0.05) is 0 Å². The first-order chi connectivity index (χ1) is 7.97. The molecule has 0 aliphatic carbocycles. The molecular formula is C13H14O4. The number of benzene rings is 1. The van der Waals surface area contributed by atoms with Gasteiger partial charge in [-0.05, 0) is 38.1 Å². The van der Waals surface area contributed by atoms with Gasteiger partial charge in [0.1, 0.15) is 17.1 Å². The molecule has 1 heterocycles. The third-order valence-electron chi connectivity index (χ3n) is 2.82.